The van der Waals surface area contributed by atoms with E-state index in [0.29, 0.717) is 18.6 Å². The maximum Gasteiger partial charge on any atom is 0.292 e. The fraction of sp³-hybridized carbons (Fsp3) is 0.714. The summed E-state index contributed by atoms with van der Waals surface area (Å²) >= 11 is 0. The average molecular weight is 317 g/mol. The number of ketones is 1. The van der Waals surface area contributed by atoms with Crippen LogP contribution in [-0.2, 0) is 18.4 Å². The van der Waals surface area contributed by atoms with Crippen LogP contribution in [-0.4, -0.2) is 28.4 Å². The molecule has 4 nitrogen and oxygen atoms in total. The Morgan fingerprint density at radius 3 is 1.80 bits per heavy atom. The summed E-state index contributed by atoms with van der Waals surface area (Å²) in [5.41, 5.74) is 0. The van der Waals surface area contributed by atoms with Gasteiger partial charge in [-0.2, -0.15) is 0 Å². The Kier molecular flexibility index (Phi) is 7.43. The molecule has 0 saturated heterocycles. The molecule has 0 aliphatic rings. The number of hydrogen-bond donors (Lipinski definition) is 0. The van der Waals surface area contributed by atoms with Crippen LogP contribution in [0.15, 0.2) is 11.8 Å². The zero-order valence-corrected chi connectivity index (χ0v) is 15.8. The first kappa shape index (κ1) is 19.1. The summed E-state index contributed by atoms with van der Waals surface area (Å²) in [4.78, 5) is 23.3. The van der Waals surface area contributed by atoms with Crippen molar-refractivity contribution in [2.24, 2.45) is 0 Å². The molecule has 0 N–H and O–H groups in total. The molecule has 116 valence electrons. The third-order valence-corrected chi connectivity index (χ3v) is 3.82. The molecule has 20 heavy (non-hydrogen) atoms. The van der Waals surface area contributed by atoms with Gasteiger partial charge < -0.3 is 8.85 Å². The van der Waals surface area contributed by atoms with E-state index in [4.69, 9.17) is 8.85 Å². The zero-order valence-electron chi connectivity index (χ0n) is 13.8. The molecule has 0 rings (SSSR count). The SMILES string of the molecule is CCC(=O)/C=C(/CCC(=O)O[Si](C)(C)C)O[Si](C)(C)C. The van der Waals surface area contributed by atoms with Gasteiger partial charge in [0.25, 0.3) is 5.97 Å². The van der Waals surface area contributed by atoms with Gasteiger partial charge in [0.05, 0.1) is 12.2 Å². The van der Waals surface area contributed by atoms with Crippen LogP contribution in [0.3, 0.4) is 0 Å². The standard InChI is InChI=1S/C14H28O4Si2/c1-8-12(15)11-13(17-19(2,3)4)9-10-14(16)18-20(5,6)7/h11H,8-10H2,1-7H3/b13-11-. The molecule has 0 aliphatic heterocycles. The summed E-state index contributed by atoms with van der Waals surface area (Å²) in [7, 11) is -3.63. The second-order valence-electron chi connectivity index (χ2n) is 6.73. The van der Waals surface area contributed by atoms with Crippen LogP contribution in [0.1, 0.15) is 26.2 Å². The lowest BCUT2D eigenvalue weighted by Crippen LogP contribution is -2.29. The third kappa shape index (κ3) is 11.0. The van der Waals surface area contributed by atoms with Crippen LogP contribution < -0.4 is 0 Å². The smallest absolute Gasteiger partial charge is 0.292 e. The van der Waals surface area contributed by atoms with E-state index in [2.05, 4.69) is 19.6 Å². The number of carbonyl (C=O) groups excluding carboxylic acids is 2. The lowest BCUT2D eigenvalue weighted by atomic mass is 10.2. The van der Waals surface area contributed by atoms with Crippen molar-refractivity contribution in [2.75, 3.05) is 0 Å². The van der Waals surface area contributed by atoms with Crippen molar-refractivity contribution in [3.63, 3.8) is 0 Å². The van der Waals surface area contributed by atoms with Crippen molar-refractivity contribution in [1.29, 1.82) is 0 Å². The highest BCUT2D eigenvalue weighted by Gasteiger charge is 2.22. The van der Waals surface area contributed by atoms with Crippen LogP contribution in [0.25, 0.3) is 0 Å². The Balaban J connectivity index is 4.63. The first-order valence-corrected chi connectivity index (χ1v) is 13.9. The molecule has 0 aromatic rings. The molecule has 0 aromatic heterocycles. The van der Waals surface area contributed by atoms with Crippen molar-refractivity contribution < 1.29 is 18.4 Å². The van der Waals surface area contributed by atoms with Gasteiger partial charge in [-0.1, -0.05) is 6.92 Å². The summed E-state index contributed by atoms with van der Waals surface area (Å²) in [6.07, 6.45) is 2.66. The molecule has 0 atom stereocenters. The molecule has 0 radical (unpaired) electrons. The highest BCUT2D eigenvalue weighted by molar-refractivity contribution is 6.71. The molecular formula is C14H28O4Si2. The van der Waals surface area contributed by atoms with Gasteiger partial charge in [-0.15, -0.1) is 0 Å². The minimum Gasteiger partial charge on any atom is -0.547 e. The highest BCUT2D eigenvalue weighted by atomic mass is 28.4. The van der Waals surface area contributed by atoms with Gasteiger partial charge in [0.15, 0.2) is 5.78 Å². The quantitative estimate of drug-likeness (QED) is 0.387. The van der Waals surface area contributed by atoms with Crippen LogP contribution in [0.4, 0.5) is 0 Å². The van der Waals surface area contributed by atoms with Crippen molar-refractivity contribution in [3.05, 3.63) is 11.8 Å². The second-order valence-corrected chi connectivity index (χ2v) is 15.6. The van der Waals surface area contributed by atoms with Gasteiger partial charge in [-0.3, -0.25) is 9.59 Å². The lowest BCUT2D eigenvalue weighted by Gasteiger charge is -2.22. The molecule has 0 spiro atoms. The van der Waals surface area contributed by atoms with Crippen LogP contribution in [0.5, 0.6) is 0 Å². The first-order chi connectivity index (χ1) is 8.93. The third-order valence-electron chi connectivity index (χ3n) is 2.10. The van der Waals surface area contributed by atoms with Gasteiger partial charge in [0.1, 0.15) is 0 Å². The van der Waals surface area contributed by atoms with Gasteiger partial charge in [0, 0.05) is 18.9 Å². The van der Waals surface area contributed by atoms with Crippen molar-refractivity contribution in [2.45, 2.75) is 65.5 Å². The Bertz CT molecular complexity index is 376. The van der Waals surface area contributed by atoms with Gasteiger partial charge in [-0.25, -0.2) is 0 Å². The molecular weight excluding hydrogens is 288 g/mol. The Morgan fingerprint density at radius 2 is 1.40 bits per heavy atom. The largest absolute Gasteiger partial charge is 0.547 e. The van der Waals surface area contributed by atoms with E-state index in [1.807, 2.05) is 26.6 Å². The first-order valence-electron chi connectivity index (χ1n) is 7.07. The Hall–Kier alpha value is -0.886. The Labute approximate surface area is 124 Å². The van der Waals surface area contributed by atoms with E-state index in [0.717, 1.165) is 0 Å². The fourth-order valence-electron chi connectivity index (χ4n) is 1.45. The lowest BCUT2D eigenvalue weighted by molar-refractivity contribution is -0.135. The van der Waals surface area contributed by atoms with Gasteiger partial charge in [-0.05, 0) is 39.3 Å². The van der Waals surface area contributed by atoms with E-state index >= 15 is 0 Å². The van der Waals surface area contributed by atoms with Crippen molar-refractivity contribution >= 4 is 28.4 Å². The maximum atomic E-state index is 11.7. The van der Waals surface area contributed by atoms with Crippen molar-refractivity contribution in [1.82, 2.24) is 0 Å². The fourth-order valence-corrected chi connectivity index (χ4v) is 3.18. The number of carbonyl (C=O) groups is 2. The molecule has 0 bridgehead atoms. The zero-order chi connectivity index (χ0) is 16.0. The molecule has 0 heterocycles. The second kappa shape index (κ2) is 7.78. The van der Waals surface area contributed by atoms with Gasteiger partial charge >= 0.3 is 0 Å². The van der Waals surface area contributed by atoms with Crippen LogP contribution >= 0.6 is 0 Å². The topological polar surface area (TPSA) is 52.6 Å². The summed E-state index contributed by atoms with van der Waals surface area (Å²) in [5.74, 6) is 0.429. The predicted octanol–water partition coefficient (Wildman–Crippen LogP) is 3.86. The average Bonchev–Trinajstić information content (AvgIpc) is 2.21. The van der Waals surface area contributed by atoms with E-state index in [1.165, 1.54) is 6.08 Å². The minimum atomic E-state index is -1.85. The number of hydrogen-bond acceptors (Lipinski definition) is 4. The van der Waals surface area contributed by atoms with E-state index in [-0.39, 0.29) is 18.2 Å². The number of allylic oxidation sites excluding steroid dienone is 2. The highest BCUT2D eigenvalue weighted by Crippen LogP contribution is 2.17. The molecule has 0 aliphatic carbocycles. The number of rotatable bonds is 8. The van der Waals surface area contributed by atoms with Crippen LogP contribution in [0.2, 0.25) is 39.3 Å². The monoisotopic (exact) mass is 316 g/mol. The summed E-state index contributed by atoms with van der Waals surface area (Å²) < 4.78 is 11.3. The molecule has 0 fully saturated rings. The summed E-state index contributed by atoms with van der Waals surface area (Å²) in [6.45, 7) is 13.9. The molecule has 0 unspecified atom stereocenters. The normalized spacial score (nSPS) is 13.1. The van der Waals surface area contributed by atoms with E-state index in [1.54, 1.807) is 0 Å². The molecule has 0 amide bonds. The van der Waals surface area contributed by atoms with Crippen molar-refractivity contribution in [3.8, 4) is 0 Å². The predicted molar refractivity (Wildman–Crippen MR) is 86.5 cm³/mol. The van der Waals surface area contributed by atoms with E-state index < -0.39 is 16.6 Å². The van der Waals surface area contributed by atoms with Crippen LogP contribution in [0, 0.1) is 0 Å². The van der Waals surface area contributed by atoms with E-state index in [9.17, 15) is 9.59 Å². The summed E-state index contributed by atoms with van der Waals surface area (Å²) in [5, 5.41) is 0. The molecule has 0 saturated carbocycles. The minimum absolute atomic E-state index is 0.0248. The molecule has 6 heteroatoms. The summed E-state index contributed by atoms with van der Waals surface area (Å²) in [6, 6.07) is 0. The van der Waals surface area contributed by atoms with Gasteiger partial charge in [0.2, 0.25) is 16.6 Å². The Morgan fingerprint density at radius 1 is 0.900 bits per heavy atom. The maximum absolute atomic E-state index is 11.7. The molecule has 0 aromatic carbocycles.